The molecule has 1 aromatic carbocycles. The van der Waals surface area contributed by atoms with E-state index in [-0.39, 0.29) is 5.08 Å². The maximum absolute atomic E-state index is 6.04. The maximum atomic E-state index is 6.04. The van der Waals surface area contributed by atoms with E-state index in [1.54, 1.807) is 0 Å². The molecule has 1 nitrogen and oxygen atoms in total. The smallest absolute Gasteiger partial charge is 0.0979 e. The highest BCUT2D eigenvalue weighted by Crippen LogP contribution is 2.33. The lowest BCUT2D eigenvalue weighted by Gasteiger charge is -2.26. The van der Waals surface area contributed by atoms with Crippen LogP contribution in [0.25, 0.3) is 0 Å². The van der Waals surface area contributed by atoms with Gasteiger partial charge < -0.3 is 4.74 Å². The monoisotopic (exact) mass is 358 g/mol. The summed E-state index contributed by atoms with van der Waals surface area (Å²) in [5.74, 6) is 0.688. The van der Waals surface area contributed by atoms with Gasteiger partial charge in [-0.25, -0.2) is 0 Å². The first-order valence-corrected chi connectivity index (χ1v) is 9.41. The van der Waals surface area contributed by atoms with E-state index in [1.807, 2.05) is 18.2 Å². The molecule has 3 atom stereocenters. The molecule has 0 N–H and O–H groups in total. The van der Waals surface area contributed by atoms with Crippen LogP contribution in [0.1, 0.15) is 45.6 Å². The Morgan fingerprint density at radius 2 is 2.05 bits per heavy atom. The summed E-state index contributed by atoms with van der Waals surface area (Å²) in [5.41, 5.74) is 2.59. The molecule has 0 aromatic heterocycles. The summed E-state index contributed by atoms with van der Waals surface area (Å²) in [4.78, 5) is 0. The zero-order valence-corrected chi connectivity index (χ0v) is 17.0. The van der Waals surface area contributed by atoms with Crippen LogP contribution in [0.5, 0.6) is 0 Å². The second-order valence-corrected chi connectivity index (χ2v) is 9.42. The van der Waals surface area contributed by atoms with Gasteiger partial charge in [-0.2, -0.15) is 0 Å². The quantitative estimate of drug-likeness (QED) is 0.384. The van der Waals surface area contributed by atoms with E-state index >= 15 is 0 Å². The molecule has 1 rings (SSSR count). The third kappa shape index (κ3) is 9.26. The summed E-state index contributed by atoms with van der Waals surface area (Å²) in [6.45, 7) is 7.39. The Morgan fingerprint density at radius 1 is 1.32 bits per heavy atom. The molecule has 0 spiro atoms. The Balaban J connectivity index is 2.31. The highest BCUT2D eigenvalue weighted by Gasteiger charge is 2.19. The van der Waals surface area contributed by atoms with E-state index in [9.17, 15) is 0 Å². The number of rotatable bonds is 9. The minimum atomic E-state index is -0.315. The Morgan fingerprint density at radius 3 is 2.68 bits per heavy atom. The Hall–Kier alpha value is 0.0700. The molecular weight excluding hydrogens is 330 g/mol. The fourth-order valence-corrected chi connectivity index (χ4v) is 3.19. The SMILES string of the molecule is CC(C)=CCC[C@H](C)CCOC(P)(P)Cc1cccc(Cl)c1. The van der Waals surface area contributed by atoms with Gasteiger partial charge in [0, 0.05) is 18.1 Å². The van der Waals surface area contributed by atoms with E-state index < -0.39 is 0 Å². The van der Waals surface area contributed by atoms with Crippen LogP contribution in [-0.2, 0) is 11.2 Å². The second kappa shape index (κ2) is 10.0. The predicted molar refractivity (Wildman–Crippen MR) is 106 cm³/mol. The molecule has 22 heavy (non-hydrogen) atoms. The lowest BCUT2D eigenvalue weighted by atomic mass is 10.0. The second-order valence-electron chi connectivity index (χ2n) is 6.36. The molecule has 0 fully saturated rings. The lowest BCUT2D eigenvalue weighted by molar-refractivity contribution is 0.0775. The van der Waals surface area contributed by atoms with Crippen LogP contribution in [0.3, 0.4) is 0 Å². The summed E-state index contributed by atoms with van der Waals surface area (Å²) in [5, 5.41) is 0.459. The van der Waals surface area contributed by atoms with Crippen molar-refractivity contribution in [2.75, 3.05) is 6.61 Å². The first-order valence-electron chi connectivity index (χ1n) is 7.88. The Kier molecular flexibility index (Phi) is 9.18. The molecule has 0 bridgehead atoms. The molecule has 4 heteroatoms. The van der Waals surface area contributed by atoms with Crippen molar-refractivity contribution in [3.05, 3.63) is 46.5 Å². The van der Waals surface area contributed by atoms with Gasteiger partial charge in [-0.05, 0) is 56.7 Å². The highest BCUT2D eigenvalue weighted by molar-refractivity contribution is 7.39. The summed E-state index contributed by atoms with van der Waals surface area (Å²) in [6.07, 6.45) is 6.61. The number of ether oxygens (including phenoxy) is 1. The maximum Gasteiger partial charge on any atom is 0.0979 e. The van der Waals surface area contributed by atoms with Crippen LogP contribution in [0.2, 0.25) is 5.02 Å². The van der Waals surface area contributed by atoms with Crippen molar-refractivity contribution >= 4 is 30.1 Å². The standard InChI is InChI=1S/C18H29ClOP2/c1-14(2)6-4-7-15(3)10-11-20-18(21,22)13-16-8-5-9-17(19)12-16/h5-6,8-9,12,15H,4,7,10-11,13,21-22H2,1-3H3/t15-/m0/s1. The average Bonchev–Trinajstić information content (AvgIpc) is 2.37. The molecule has 0 saturated heterocycles. The summed E-state index contributed by atoms with van der Waals surface area (Å²) >= 11 is 6.03. The normalized spacial score (nSPS) is 13.0. The van der Waals surface area contributed by atoms with Crippen LogP contribution in [0.4, 0.5) is 0 Å². The molecule has 1 aromatic rings. The topological polar surface area (TPSA) is 9.23 Å². The minimum Gasteiger partial charge on any atom is -0.367 e. The molecule has 0 aliphatic carbocycles. The molecule has 0 radical (unpaired) electrons. The molecule has 2 unspecified atom stereocenters. The Bertz CT molecular complexity index is 482. The van der Waals surface area contributed by atoms with Gasteiger partial charge in [0.25, 0.3) is 0 Å². The van der Waals surface area contributed by atoms with Gasteiger partial charge >= 0.3 is 0 Å². The molecule has 0 amide bonds. The fraction of sp³-hybridized carbons (Fsp3) is 0.556. The van der Waals surface area contributed by atoms with Crippen molar-refractivity contribution < 1.29 is 4.74 Å². The van der Waals surface area contributed by atoms with E-state index in [0.29, 0.717) is 5.92 Å². The largest absolute Gasteiger partial charge is 0.367 e. The van der Waals surface area contributed by atoms with E-state index in [1.165, 1.54) is 24.0 Å². The number of hydrogen-bond donors (Lipinski definition) is 0. The van der Waals surface area contributed by atoms with Crippen molar-refractivity contribution in [2.24, 2.45) is 5.92 Å². The van der Waals surface area contributed by atoms with Crippen LogP contribution < -0.4 is 0 Å². The van der Waals surface area contributed by atoms with Gasteiger partial charge in [-0.3, -0.25) is 0 Å². The number of halogens is 1. The van der Waals surface area contributed by atoms with Crippen LogP contribution in [0.15, 0.2) is 35.9 Å². The van der Waals surface area contributed by atoms with Gasteiger partial charge in [0.1, 0.15) is 0 Å². The van der Waals surface area contributed by atoms with Crippen LogP contribution in [-0.4, -0.2) is 11.7 Å². The number of allylic oxidation sites excluding steroid dienone is 2. The number of hydrogen-bond acceptors (Lipinski definition) is 1. The Labute approximate surface area is 145 Å². The van der Waals surface area contributed by atoms with Crippen LogP contribution >= 0.6 is 30.1 Å². The zero-order chi connectivity index (χ0) is 16.6. The van der Waals surface area contributed by atoms with Gasteiger partial charge in [-0.15, -0.1) is 0 Å². The molecule has 124 valence electrons. The van der Waals surface area contributed by atoms with Crippen molar-refractivity contribution in [1.29, 1.82) is 0 Å². The average molecular weight is 359 g/mol. The molecule has 0 heterocycles. The third-order valence-electron chi connectivity index (χ3n) is 3.56. The van der Waals surface area contributed by atoms with Gasteiger partial charge in [0.05, 0.1) is 5.08 Å². The van der Waals surface area contributed by atoms with Crippen LogP contribution in [0, 0.1) is 5.92 Å². The fourth-order valence-electron chi connectivity index (χ4n) is 2.27. The van der Waals surface area contributed by atoms with Gasteiger partial charge in [-0.1, -0.05) is 60.8 Å². The molecule has 0 aliphatic rings. The summed E-state index contributed by atoms with van der Waals surface area (Å²) < 4.78 is 6.04. The molecular formula is C18H29ClOP2. The van der Waals surface area contributed by atoms with Gasteiger partial charge in [0.15, 0.2) is 0 Å². The van der Waals surface area contributed by atoms with Crippen molar-refractivity contribution in [2.45, 2.75) is 51.5 Å². The van der Waals surface area contributed by atoms with Crippen molar-refractivity contribution in [3.8, 4) is 0 Å². The number of benzene rings is 1. The molecule has 0 aliphatic heterocycles. The summed E-state index contributed by atoms with van der Waals surface area (Å²) in [6, 6.07) is 7.96. The predicted octanol–water partition coefficient (Wildman–Crippen LogP) is 6.08. The van der Waals surface area contributed by atoms with E-state index in [0.717, 1.165) is 24.5 Å². The first-order chi connectivity index (χ1) is 10.3. The van der Waals surface area contributed by atoms with Crippen molar-refractivity contribution in [3.63, 3.8) is 0 Å². The van der Waals surface area contributed by atoms with Crippen molar-refractivity contribution in [1.82, 2.24) is 0 Å². The summed E-state index contributed by atoms with van der Waals surface area (Å²) in [7, 11) is 5.60. The lowest BCUT2D eigenvalue weighted by Crippen LogP contribution is -2.21. The molecule has 0 saturated carbocycles. The van der Waals surface area contributed by atoms with E-state index in [2.05, 4.69) is 51.4 Å². The minimum absolute atomic E-state index is 0.315. The van der Waals surface area contributed by atoms with Gasteiger partial charge in [0.2, 0.25) is 0 Å². The first kappa shape index (κ1) is 20.1. The zero-order valence-electron chi connectivity index (χ0n) is 13.9. The van der Waals surface area contributed by atoms with E-state index in [4.69, 9.17) is 16.3 Å². The highest BCUT2D eigenvalue weighted by atomic mass is 35.5. The third-order valence-corrected chi connectivity index (χ3v) is 4.54.